The van der Waals surface area contributed by atoms with E-state index in [1.165, 1.54) is 36.4 Å². The molecule has 7 nitrogen and oxygen atoms in total. The molecule has 1 aliphatic heterocycles. The standard InChI is InChI=1S/C22H20FN5O2/c1-27-9-8-13-10-14(6-7-15(13)12-27)20-21-17(24-25-20)11-19(29)28(26-21)22-16(23)4-3-5-18(22)30-2/h3-7,10-11,24H,8-9,12H2,1-2H3. The van der Waals surface area contributed by atoms with Crippen molar-refractivity contribution in [1.29, 1.82) is 0 Å². The van der Waals surface area contributed by atoms with Crippen molar-refractivity contribution in [2.45, 2.75) is 13.0 Å². The van der Waals surface area contributed by atoms with Gasteiger partial charge in [-0.3, -0.25) is 9.89 Å². The average molecular weight is 405 g/mol. The van der Waals surface area contributed by atoms with Crippen molar-refractivity contribution in [3.63, 3.8) is 0 Å². The highest BCUT2D eigenvalue weighted by molar-refractivity contribution is 5.89. The summed E-state index contributed by atoms with van der Waals surface area (Å²) in [7, 11) is 3.54. The van der Waals surface area contributed by atoms with E-state index < -0.39 is 11.4 Å². The van der Waals surface area contributed by atoms with Gasteiger partial charge in [-0.1, -0.05) is 18.2 Å². The van der Waals surface area contributed by atoms with Gasteiger partial charge in [0, 0.05) is 24.7 Å². The molecule has 0 atom stereocenters. The predicted octanol–water partition coefficient (Wildman–Crippen LogP) is 2.91. The van der Waals surface area contributed by atoms with Gasteiger partial charge in [-0.15, -0.1) is 0 Å². The molecule has 0 unspecified atom stereocenters. The molecule has 0 spiro atoms. The first kappa shape index (κ1) is 18.5. The van der Waals surface area contributed by atoms with E-state index in [9.17, 15) is 9.18 Å². The number of hydrogen-bond donors (Lipinski definition) is 1. The largest absolute Gasteiger partial charge is 0.494 e. The number of halogens is 1. The molecule has 2 aromatic heterocycles. The summed E-state index contributed by atoms with van der Waals surface area (Å²) in [5.41, 5.74) is 4.60. The van der Waals surface area contributed by atoms with Gasteiger partial charge in [-0.2, -0.15) is 14.9 Å². The van der Waals surface area contributed by atoms with E-state index in [4.69, 9.17) is 4.74 Å². The monoisotopic (exact) mass is 405 g/mol. The van der Waals surface area contributed by atoms with Gasteiger partial charge in [0.15, 0.2) is 5.82 Å². The highest BCUT2D eigenvalue weighted by atomic mass is 19.1. The zero-order chi connectivity index (χ0) is 20.8. The van der Waals surface area contributed by atoms with Gasteiger partial charge in [0.2, 0.25) is 0 Å². The Hall–Kier alpha value is -3.52. The number of fused-ring (bicyclic) bond motifs is 2. The molecular formula is C22H20FN5O2. The van der Waals surface area contributed by atoms with Gasteiger partial charge in [-0.25, -0.2) is 4.39 Å². The van der Waals surface area contributed by atoms with E-state index in [-0.39, 0.29) is 11.4 Å². The van der Waals surface area contributed by atoms with Crippen molar-refractivity contribution in [3.8, 4) is 22.7 Å². The smallest absolute Gasteiger partial charge is 0.273 e. The molecule has 30 heavy (non-hydrogen) atoms. The third kappa shape index (κ3) is 2.96. The van der Waals surface area contributed by atoms with E-state index in [1.54, 1.807) is 6.07 Å². The molecule has 0 aliphatic carbocycles. The zero-order valence-corrected chi connectivity index (χ0v) is 16.6. The molecule has 5 rings (SSSR count). The van der Waals surface area contributed by atoms with Crippen LogP contribution in [0.1, 0.15) is 11.1 Å². The second-order valence-corrected chi connectivity index (χ2v) is 7.49. The van der Waals surface area contributed by atoms with Crippen LogP contribution < -0.4 is 10.3 Å². The normalized spacial score (nSPS) is 14.1. The van der Waals surface area contributed by atoms with Crippen molar-refractivity contribution >= 4 is 11.0 Å². The van der Waals surface area contributed by atoms with E-state index in [2.05, 4.69) is 39.4 Å². The number of nitrogens with zero attached hydrogens (tertiary/aromatic N) is 4. The van der Waals surface area contributed by atoms with Crippen LogP contribution >= 0.6 is 0 Å². The lowest BCUT2D eigenvalue weighted by Gasteiger charge is -2.25. The molecule has 1 N–H and O–H groups in total. The molecule has 4 aromatic rings. The third-order valence-corrected chi connectivity index (χ3v) is 5.51. The highest BCUT2D eigenvalue weighted by Gasteiger charge is 2.19. The number of aromatic nitrogens is 4. The van der Waals surface area contributed by atoms with E-state index in [0.717, 1.165) is 29.8 Å². The maximum Gasteiger partial charge on any atom is 0.273 e. The number of para-hydroxylation sites is 1. The third-order valence-electron chi connectivity index (χ3n) is 5.51. The first-order chi connectivity index (χ1) is 14.5. The van der Waals surface area contributed by atoms with Crippen molar-refractivity contribution in [2.75, 3.05) is 20.7 Å². The van der Waals surface area contributed by atoms with Crippen molar-refractivity contribution in [2.24, 2.45) is 0 Å². The Morgan fingerprint density at radius 1 is 1.17 bits per heavy atom. The number of nitrogens with one attached hydrogen (secondary N) is 1. The lowest BCUT2D eigenvalue weighted by Crippen LogP contribution is -2.26. The summed E-state index contributed by atoms with van der Waals surface area (Å²) in [5, 5.41) is 11.7. The Morgan fingerprint density at radius 3 is 2.87 bits per heavy atom. The minimum absolute atomic E-state index is 0.0208. The van der Waals surface area contributed by atoms with Crippen molar-refractivity contribution in [3.05, 3.63) is 69.8 Å². The number of H-pyrrole nitrogens is 1. The fraction of sp³-hybridized carbons (Fsp3) is 0.227. The molecule has 0 saturated carbocycles. The number of likely N-dealkylation sites (N-methyl/N-ethyl adjacent to an activating group) is 1. The quantitative estimate of drug-likeness (QED) is 0.567. The van der Waals surface area contributed by atoms with E-state index >= 15 is 0 Å². The molecule has 0 fully saturated rings. The number of hydrogen-bond acceptors (Lipinski definition) is 5. The summed E-state index contributed by atoms with van der Waals surface area (Å²) in [6, 6.07) is 12.0. The number of ether oxygens (including phenoxy) is 1. The van der Waals surface area contributed by atoms with Crippen LogP contribution in [0.5, 0.6) is 5.75 Å². The lowest BCUT2D eigenvalue weighted by atomic mass is 9.96. The molecule has 8 heteroatoms. The second kappa shape index (κ2) is 7.07. The SMILES string of the molecule is COc1cccc(F)c1-n1nc2c(-c3ccc4c(c3)CCN(C)C4)n[nH]c2cc1=O. The Bertz CT molecular complexity index is 1330. The maximum absolute atomic E-state index is 14.6. The van der Waals surface area contributed by atoms with Gasteiger partial charge in [0.25, 0.3) is 5.56 Å². The topological polar surface area (TPSA) is 76.0 Å². The summed E-state index contributed by atoms with van der Waals surface area (Å²) >= 11 is 0. The van der Waals surface area contributed by atoms with Gasteiger partial charge in [-0.05, 0) is 42.8 Å². The van der Waals surface area contributed by atoms with Gasteiger partial charge >= 0.3 is 0 Å². The summed E-state index contributed by atoms with van der Waals surface area (Å²) in [4.78, 5) is 14.9. The Morgan fingerprint density at radius 2 is 2.03 bits per heavy atom. The first-order valence-electron chi connectivity index (χ1n) is 9.67. The molecule has 3 heterocycles. The average Bonchev–Trinajstić information content (AvgIpc) is 3.15. The summed E-state index contributed by atoms with van der Waals surface area (Å²) in [6.45, 7) is 1.92. The Labute approximate surface area is 171 Å². The lowest BCUT2D eigenvalue weighted by molar-refractivity contribution is 0.313. The van der Waals surface area contributed by atoms with E-state index in [0.29, 0.717) is 16.7 Å². The maximum atomic E-state index is 14.6. The minimum Gasteiger partial charge on any atom is -0.494 e. The molecular weight excluding hydrogens is 385 g/mol. The molecule has 0 saturated heterocycles. The van der Waals surface area contributed by atoms with Crippen LogP contribution in [0.3, 0.4) is 0 Å². The van der Waals surface area contributed by atoms with Gasteiger partial charge in [0.05, 0.1) is 12.6 Å². The fourth-order valence-corrected chi connectivity index (χ4v) is 3.95. The number of methoxy groups -OCH3 is 1. The van der Waals surface area contributed by atoms with Crippen LogP contribution in [0.15, 0.2) is 47.3 Å². The Balaban J connectivity index is 1.68. The zero-order valence-electron chi connectivity index (χ0n) is 16.6. The first-order valence-corrected chi connectivity index (χ1v) is 9.67. The van der Waals surface area contributed by atoms with Crippen LogP contribution in [0, 0.1) is 5.82 Å². The van der Waals surface area contributed by atoms with Gasteiger partial charge in [0.1, 0.15) is 22.6 Å². The molecule has 0 amide bonds. The fourth-order valence-electron chi connectivity index (χ4n) is 3.95. The minimum atomic E-state index is -0.591. The summed E-state index contributed by atoms with van der Waals surface area (Å²) in [5.74, 6) is -0.363. The molecule has 0 radical (unpaired) electrons. The molecule has 152 valence electrons. The van der Waals surface area contributed by atoms with Crippen LogP contribution in [-0.2, 0) is 13.0 Å². The highest BCUT2D eigenvalue weighted by Crippen LogP contribution is 2.29. The van der Waals surface area contributed by atoms with Crippen molar-refractivity contribution < 1.29 is 9.13 Å². The molecule has 2 aromatic carbocycles. The predicted molar refractivity (Wildman–Crippen MR) is 111 cm³/mol. The summed E-state index contributed by atoms with van der Waals surface area (Å²) < 4.78 is 20.8. The summed E-state index contributed by atoms with van der Waals surface area (Å²) in [6.07, 6.45) is 0.965. The molecule has 0 bridgehead atoms. The molecule has 1 aliphatic rings. The van der Waals surface area contributed by atoms with Crippen LogP contribution in [0.25, 0.3) is 28.0 Å². The van der Waals surface area contributed by atoms with Crippen LogP contribution in [0.2, 0.25) is 0 Å². The second-order valence-electron chi connectivity index (χ2n) is 7.49. The van der Waals surface area contributed by atoms with Crippen molar-refractivity contribution in [1.82, 2.24) is 24.9 Å². The Kier molecular flexibility index (Phi) is 4.36. The van der Waals surface area contributed by atoms with E-state index in [1.807, 2.05) is 6.07 Å². The van der Waals surface area contributed by atoms with Crippen LogP contribution in [-0.4, -0.2) is 45.6 Å². The number of rotatable bonds is 3. The number of benzene rings is 2. The van der Waals surface area contributed by atoms with Crippen LogP contribution in [0.4, 0.5) is 4.39 Å². The van der Waals surface area contributed by atoms with Gasteiger partial charge < -0.3 is 9.64 Å². The number of aromatic amines is 1.